The highest BCUT2D eigenvalue weighted by atomic mass is 35.5. The van der Waals surface area contributed by atoms with Gasteiger partial charge in [-0.2, -0.15) is 0 Å². The van der Waals surface area contributed by atoms with Gasteiger partial charge in [-0.05, 0) is 55.5 Å². The van der Waals surface area contributed by atoms with E-state index in [9.17, 15) is 9.90 Å². The molecular formula is C27H31Cl2N3O2. The summed E-state index contributed by atoms with van der Waals surface area (Å²) in [4.78, 5) is 20.1. The molecule has 1 amide bonds. The number of carbonyl (C=O) groups excluding carboxylic acids is 1. The Balaban J connectivity index is 1.13. The van der Waals surface area contributed by atoms with Gasteiger partial charge in [0.2, 0.25) is 0 Å². The van der Waals surface area contributed by atoms with Gasteiger partial charge in [0.05, 0.1) is 16.3 Å². The number of aliphatic hydroxyl groups is 1. The maximum absolute atomic E-state index is 13.5. The van der Waals surface area contributed by atoms with Crippen LogP contribution in [-0.4, -0.2) is 66.1 Å². The lowest BCUT2D eigenvalue weighted by Crippen LogP contribution is -2.61. The first-order chi connectivity index (χ1) is 16.4. The number of piperidine rings is 1. The first-order valence-corrected chi connectivity index (χ1v) is 13.2. The van der Waals surface area contributed by atoms with Crippen molar-refractivity contribution >= 4 is 34.8 Å². The van der Waals surface area contributed by atoms with Gasteiger partial charge in [0.1, 0.15) is 5.60 Å². The van der Waals surface area contributed by atoms with Gasteiger partial charge < -0.3 is 14.9 Å². The fourth-order valence-corrected chi connectivity index (χ4v) is 6.85. The Morgan fingerprint density at radius 1 is 0.971 bits per heavy atom. The van der Waals surface area contributed by atoms with Crippen molar-refractivity contribution in [2.75, 3.05) is 44.2 Å². The van der Waals surface area contributed by atoms with Crippen molar-refractivity contribution in [3.8, 4) is 0 Å². The lowest BCUT2D eigenvalue weighted by Gasteiger charge is -2.57. The van der Waals surface area contributed by atoms with Gasteiger partial charge >= 0.3 is 0 Å². The molecule has 1 saturated carbocycles. The molecule has 3 heterocycles. The number of anilines is 1. The Bertz CT molecular complexity index is 1100. The van der Waals surface area contributed by atoms with E-state index in [1.54, 1.807) is 0 Å². The number of benzene rings is 2. The molecule has 2 atom stereocenters. The lowest BCUT2D eigenvalue weighted by atomic mass is 9.63. The Hall–Kier alpha value is -1.79. The maximum atomic E-state index is 13.5. The van der Waals surface area contributed by atoms with Crippen LogP contribution in [0.25, 0.3) is 0 Å². The quantitative estimate of drug-likeness (QED) is 0.659. The van der Waals surface area contributed by atoms with E-state index in [1.165, 1.54) is 19.3 Å². The minimum absolute atomic E-state index is 0.0175. The zero-order chi connectivity index (χ0) is 23.5. The monoisotopic (exact) mass is 499 g/mol. The average Bonchev–Trinajstić information content (AvgIpc) is 2.78. The summed E-state index contributed by atoms with van der Waals surface area (Å²) in [6.45, 7) is 4.75. The molecule has 2 aromatic rings. The minimum Gasteiger partial charge on any atom is -0.384 e. The van der Waals surface area contributed by atoms with Gasteiger partial charge in [-0.3, -0.25) is 9.69 Å². The van der Waals surface area contributed by atoms with Crippen molar-refractivity contribution in [2.24, 2.45) is 5.41 Å². The molecule has 7 heteroatoms. The van der Waals surface area contributed by atoms with Crippen LogP contribution in [0, 0.1) is 5.41 Å². The molecule has 5 nitrogen and oxygen atoms in total. The maximum Gasteiger partial charge on any atom is 0.255 e. The van der Waals surface area contributed by atoms with Crippen molar-refractivity contribution in [2.45, 2.75) is 43.7 Å². The van der Waals surface area contributed by atoms with E-state index in [1.807, 2.05) is 47.4 Å². The van der Waals surface area contributed by atoms with E-state index in [0.29, 0.717) is 47.1 Å². The summed E-state index contributed by atoms with van der Waals surface area (Å²) in [7, 11) is 0. The number of fused-ring (bicyclic) bond motifs is 1. The summed E-state index contributed by atoms with van der Waals surface area (Å²) in [5, 5.41) is 12.6. The van der Waals surface area contributed by atoms with Crippen molar-refractivity contribution in [1.29, 1.82) is 0 Å². The lowest BCUT2D eigenvalue weighted by molar-refractivity contribution is -0.0740. The van der Waals surface area contributed by atoms with Gasteiger partial charge in [0, 0.05) is 55.7 Å². The summed E-state index contributed by atoms with van der Waals surface area (Å²) in [5.74, 6) is 0.0175. The third kappa shape index (κ3) is 3.81. The summed E-state index contributed by atoms with van der Waals surface area (Å²) >= 11 is 12.8. The van der Waals surface area contributed by atoms with E-state index in [4.69, 9.17) is 23.2 Å². The molecule has 0 bridgehead atoms. The largest absolute Gasteiger partial charge is 0.384 e. The highest BCUT2D eigenvalue weighted by molar-refractivity contribution is 6.36. The molecule has 1 aliphatic carbocycles. The molecule has 34 heavy (non-hydrogen) atoms. The number of halogens is 2. The molecular weight excluding hydrogens is 469 g/mol. The summed E-state index contributed by atoms with van der Waals surface area (Å²) in [6, 6.07) is 13.6. The molecule has 0 radical (unpaired) electrons. The number of carbonyl (C=O) groups is 1. The minimum atomic E-state index is -0.875. The molecule has 180 valence electrons. The van der Waals surface area contributed by atoms with Crippen LogP contribution in [0.3, 0.4) is 0 Å². The molecule has 6 rings (SSSR count). The predicted molar refractivity (Wildman–Crippen MR) is 136 cm³/mol. The van der Waals surface area contributed by atoms with Crippen LogP contribution in [0.1, 0.15) is 48.0 Å². The zero-order valence-corrected chi connectivity index (χ0v) is 20.9. The Morgan fingerprint density at radius 3 is 2.44 bits per heavy atom. The van der Waals surface area contributed by atoms with Crippen LogP contribution in [0.5, 0.6) is 0 Å². The van der Waals surface area contributed by atoms with Gasteiger partial charge in [-0.25, -0.2) is 0 Å². The van der Waals surface area contributed by atoms with E-state index < -0.39 is 5.60 Å². The van der Waals surface area contributed by atoms with Gasteiger partial charge in [0.15, 0.2) is 0 Å². The summed E-state index contributed by atoms with van der Waals surface area (Å²) in [6.07, 6.45) is 5.48. The zero-order valence-electron chi connectivity index (χ0n) is 19.4. The van der Waals surface area contributed by atoms with Crippen LogP contribution < -0.4 is 4.90 Å². The topological polar surface area (TPSA) is 47.0 Å². The number of hydrogen-bond donors (Lipinski definition) is 1. The second-order valence-corrected chi connectivity index (χ2v) is 11.6. The number of hydrogen-bond acceptors (Lipinski definition) is 4. The fourth-order valence-electron chi connectivity index (χ4n) is 6.40. The molecule has 0 aromatic heterocycles. The average molecular weight is 500 g/mol. The Kier molecular flexibility index (Phi) is 5.60. The van der Waals surface area contributed by atoms with Crippen LogP contribution in [-0.2, 0) is 5.60 Å². The van der Waals surface area contributed by atoms with Crippen LogP contribution >= 0.6 is 23.2 Å². The number of rotatable bonds is 3. The smallest absolute Gasteiger partial charge is 0.255 e. The van der Waals surface area contributed by atoms with Gasteiger partial charge in [-0.15, -0.1) is 0 Å². The first kappa shape index (κ1) is 22.7. The number of amides is 1. The van der Waals surface area contributed by atoms with Crippen LogP contribution in [0.15, 0.2) is 42.5 Å². The first-order valence-electron chi connectivity index (χ1n) is 12.4. The molecule has 2 aromatic carbocycles. The fraction of sp³-hybridized carbons (Fsp3) is 0.519. The number of nitrogens with zero attached hydrogens (tertiary/aromatic N) is 3. The SMILES string of the molecule is O=C(c1cccc(N2CC3(CCC3)C2)c1Cl)N1CCN2C[C@](O)(c3ccc(Cl)cc3)CC[C@@H]2C1. The van der Waals surface area contributed by atoms with Crippen molar-refractivity contribution in [3.05, 3.63) is 63.6 Å². The molecule has 4 fully saturated rings. The molecule has 1 spiro atoms. The summed E-state index contributed by atoms with van der Waals surface area (Å²) < 4.78 is 0. The van der Waals surface area contributed by atoms with E-state index in [2.05, 4.69) is 9.80 Å². The predicted octanol–water partition coefficient (Wildman–Crippen LogP) is 4.79. The summed E-state index contributed by atoms with van der Waals surface area (Å²) in [5.41, 5.74) is 2.14. The van der Waals surface area contributed by atoms with Crippen molar-refractivity contribution in [3.63, 3.8) is 0 Å². The van der Waals surface area contributed by atoms with Crippen LogP contribution in [0.4, 0.5) is 5.69 Å². The molecule has 4 aliphatic rings. The second-order valence-electron chi connectivity index (χ2n) is 10.8. The van der Waals surface area contributed by atoms with Gasteiger partial charge in [0.25, 0.3) is 5.91 Å². The Labute approximate surface area is 211 Å². The molecule has 3 saturated heterocycles. The van der Waals surface area contributed by atoms with Crippen LogP contribution in [0.2, 0.25) is 10.0 Å². The standard InChI is InChI=1S/C27H31Cl2N3O2/c28-20-7-5-19(6-8-20)27(34)12-9-21-15-30(13-14-31(21)18-27)25(33)22-3-1-4-23(24(22)29)32-16-26(17-32)10-2-11-26/h1,3-8,21,34H,2,9-18H2/t21-,27+/m1/s1. The molecule has 0 unspecified atom stereocenters. The number of piperazine rings is 1. The molecule has 1 N–H and O–H groups in total. The normalized spacial score (nSPS) is 28.3. The highest BCUT2D eigenvalue weighted by Gasteiger charge is 2.48. The van der Waals surface area contributed by atoms with Crippen molar-refractivity contribution < 1.29 is 9.90 Å². The van der Waals surface area contributed by atoms with Crippen molar-refractivity contribution in [1.82, 2.24) is 9.80 Å². The Morgan fingerprint density at radius 2 is 1.74 bits per heavy atom. The third-order valence-electron chi connectivity index (χ3n) is 8.65. The van der Waals surface area contributed by atoms with E-state index in [0.717, 1.165) is 37.3 Å². The second kappa shape index (κ2) is 8.41. The van der Waals surface area contributed by atoms with E-state index in [-0.39, 0.29) is 11.9 Å². The highest BCUT2D eigenvalue weighted by Crippen LogP contribution is 2.50. The van der Waals surface area contributed by atoms with E-state index >= 15 is 0 Å². The molecule has 3 aliphatic heterocycles. The third-order valence-corrected chi connectivity index (χ3v) is 9.29. The van der Waals surface area contributed by atoms with Gasteiger partial charge in [-0.1, -0.05) is 47.8 Å².